The van der Waals surface area contributed by atoms with Gasteiger partial charge in [-0.2, -0.15) is 0 Å². The number of ether oxygens (including phenoxy) is 1. The summed E-state index contributed by atoms with van der Waals surface area (Å²) in [4.78, 5) is 34.0. The summed E-state index contributed by atoms with van der Waals surface area (Å²) in [5.74, 6) is 1.16. The molecule has 1 aromatic carbocycles. The number of amides is 2. The first kappa shape index (κ1) is 20.9. The maximum Gasteiger partial charge on any atom is 0.265 e. The van der Waals surface area contributed by atoms with E-state index in [0.29, 0.717) is 29.2 Å². The van der Waals surface area contributed by atoms with Gasteiger partial charge >= 0.3 is 0 Å². The molecule has 1 aliphatic heterocycles. The Morgan fingerprint density at radius 2 is 1.81 bits per heavy atom. The number of aryl methyl sites for hydroxylation is 1. The number of benzene rings is 1. The molecule has 0 unspecified atom stereocenters. The highest BCUT2D eigenvalue weighted by Gasteiger charge is 2.23. The van der Waals surface area contributed by atoms with Crippen LogP contribution >= 0.6 is 0 Å². The Bertz CT molecular complexity index is 1070. The summed E-state index contributed by atoms with van der Waals surface area (Å²) in [7, 11) is 1.72. The molecule has 0 N–H and O–H groups in total. The molecule has 162 valence electrons. The zero-order valence-electron chi connectivity index (χ0n) is 18.1. The number of nitrogens with zero attached hydrogens (tertiary/aromatic N) is 4. The van der Waals surface area contributed by atoms with E-state index in [1.807, 2.05) is 58.7 Å². The van der Waals surface area contributed by atoms with Crippen molar-refractivity contribution in [1.29, 1.82) is 0 Å². The molecule has 7 heteroatoms. The largest absolute Gasteiger partial charge is 0.484 e. The maximum atomic E-state index is 13.0. The van der Waals surface area contributed by atoms with Crippen molar-refractivity contribution >= 4 is 23.3 Å². The Morgan fingerprint density at radius 1 is 1.06 bits per heavy atom. The lowest BCUT2D eigenvalue weighted by Crippen LogP contribution is -2.35. The number of aromatic nitrogens is 2. The topological polar surface area (TPSA) is 67.2 Å². The highest BCUT2D eigenvalue weighted by Crippen LogP contribution is 2.24. The number of fused-ring (bicyclic) bond motifs is 1. The summed E-state index contributed by atoms with van der Waals surface area (Å²) in [6, 6.07) is 12.9. The smallest absolute Gasteiger partial charge is 0.265 e. The number of likely N-dealkylation sites (tertiary alicyclic amines) is 1. The van der Waals surface area contributed by atoms with E-state index in [4.69, 9.17) is 4.74 Å². The van der Waals surface area contributed by atoms with Gasteiger partial charge in [0.25, 0.3) is 11.8 Å². The van der Waals surface area contributed by atoms with E-state index >= 15 is 0 Å². The SMILES string of the molecule is CCc1nc2ccc(C(=O)N3CCCCC3)cn2c1N(C)C(=O)COc1ccccc1. The van der Waals surface area contributed by atoms with Crippen LogP contribution in [0.3, 0.4) is 0 Å². The van der Waals surface area contributed by atoms with Crippen molar-refractivity contribution in [1.82, 2.24) is 14.3 Å². The van der Waals surface area contributed by atoms with Crippen LogP contribution in [-0.2, 0) is 11.2 Å². The average Bonchev–Trinajstić information content (AvgIpc) is 3.20. The molecule has 1 saturated heterocycles. The molecule has 2 amide bonds. The third kappa shape index (κ3) is 4.40. The Balaban J connectivity index is 1.60. The zero-order valence-corrected chi connectivity index (χ0v) is 18.1. The number of hydrogen-bond donors (Lipinski definition) is 0. The Morgan fingerprint density at radius 3 is 2.52 bits per heavy atom. The van der Waals surface area contributed by atoms with Gasteiger partial charge in [0, 0.05) is 26.3 Å². The lowest BCUT2D eigenvalue weighted by Gasteiger charge is -2.26. The minimum absolute atomic E-state index is 0.0284. The van der Waals surface area contributed by atoms with Crippen LogP contribution in [0.1, 0.15) is 42.2 Å². The van der Waals surface area contributed by atoms with E-state index in [1.165, 1.54) is 6.42 Å². The first-order valence-electron chi connectivity index (χ1n) is 10.8. The summed E-state index contributed by atoms with van der Waals surface area (Å²) >= 11 is 0. The van der Waals surface area contributed by atoms with Crippen molar-refractivity contribution in [3.8, 4) is 5.75 Å². The number of likely N-dealkylation sites (N-methyl/N-ethyl adjacent to an activating group) is 1. The molecule has 0 atom stereocenters. The molecule has 2 aromatic heterocycles. The second kappa shape index (κ2) is 9.20. The van der Waals surface area contributed by atoms with E-state index in [2.05, 4.69) is 4.98 Å². The number of imidazole rings is 1. The number of rotatable bonds is 6. The molecule has 0 radical (unpaired) electrons. The number of pyridine rings is 1. The minimum atomic E-state index is -0.187. The standard InChI is InChI=1S/C24H28N4O3/c1-3-20-23(26(2)22(29)17-31-19-10-6-4-7-11-19)28-16-18(12-13-21(28)25-20)24(30)27-14-8-5-9-15-27/h4,6-7,10-13,16H,3,5,8-9,14-15,17H2,1-2H3. The Kier molecular flexibility index (Phi) is 6.21. The van der Waals surface area contributed by atoms with E-state index in [1.54, 1.807) is 18.1 Å². The van der Waals surface area contributed by atoms with Crippen LogP contribution in [-0.4, -0.2) is 52.8 Å². The average molecular weight is 421 g/mol. The highest BCUT2D eigenvalue weighted by molar-refractivity contribution is 5.96. The van der Waals surface area contributed by atoms with Crippen molar-refractivity contribution < 1.29 is 14.3 Å². The van der Waals surface area contributed by atoms with Crippen molar-refractivity contribution in [2.45, 2.75) is 32.6 Å². The molecule has 3 heterocycles. The molecule has 0 saturated carbocycles. The van der Waals surface area contributed by atoms with Crippen molar-refractivity contribution in [2.24, 2.45) is 0 Å². The molecular formula is C24H28N4O3. The number of carbonyl (C=O) groups is 2. The van der Waals surface area contributed by atoms with Gasteiger partial charge in [-0.05, 0) is 49.9 Å². The number of hydrogen-bond acceptors (Lipinski definition) is 4. The van der Waals surface area contributed by atoms with Crippen molar-refractivity contribution in [3.63, 3.8) is 0 Å². The van der Waals surface area contributed by atoms with E-state index in [-0.39, 0.29) is 18.4 Å². The van der Waals surface area contributed by atoms with Gasteiger partial charge in [-0.25, -0.2) is 4.98 Å². The first-order valence-corrected chi connectivity index (χ1v) is 10.8. The van der Waals surface area contributed by atoms with E-state index < -0.39 is 0 Å². The fourth-order valence-electron chi connectivity index (χ4n) is 3.96. The summed E-state index contributed by atoms with van der Waals surface area (Å²) in [5.41, 5.74) is 2.13. The van der Waals surface area contributed by atoms with Crippen LogP contribution < -0.4 is 9.64 Å². The normalized spacial score (nSPS) is 13.9. The van der Waals surface area contributed by atoms with E-state index in [9.17, 15) is 9.59 Å². The molecule has 0 spiro atoms. The summed E-state index contributed by atoms with van der Waals surface area (Å²) in [5, 5.41) is 0. The monoisotopic (exact) mass is 420 g/mol. The molecule has 3 aromatic rings. The van der Waals surface area contributed by atoms with Crippen LogP contribution in [0.15, 0.2) is 48.7 Å². The zero-order chi connectivity index (χ0) is 21.8. The van der Waals surface area contributed by atoms with Crippen LogP contribution in [0, 0.1) is 0 Å². The molecule has 0 bridgehead atoms. The molecule has 1 aliphatic rings. The predicted molar refractivity (Wildman–Crippen MR) is 120 cm³/mol. The van der Waals surface area contributed by atoms with Crippen LogP contribution in [0.4, 0.5) is 5.82 Å². The van der Waals surface area contributed by atoms with Crippen LogP contribution in [0.5, 0.6) is 5.75 Å². The number of para-hydroxylation sites is 1. The van der Waals surface area contributed by atoms with Crippen molar-refractivity contribution in [2.75, 3.05) is 31.6 Å². The summed E-state index contributed by atoms with van der Waals surface area (Å²) in [6.07, 6.45) is 5.73. The fourth-order valence-corrected chi connectivity index (χ4v) is 3.96. The fraction of sp³-hybridized carbons (Fsp3) is 0.375. The van der Waals surface area contributed by atoms with Gasteiger partial charge in [0.05, 0.1) is 11.3 Å². The van der Waals surface area contributed by atoms with Gasteiger partial charge in [-0.15, -0.1) is 0 Å². The first-order chi connectivity index (χ1) is 15.1. The number of piperidine rings is 1. The quantitative estimate of drug-likeness (QED) is 0.612. The number of carbonyl (C=O) groups excluding carboxylic acids is 2. The summed E-state index contributed by atoms with van der Waals surface area (Å²) in [6.45, 7) is 3.51. The molecule has 7 nitrogen and oxygen atoms in total. The van der Waals surface area contributed by atoms with Gasteiger partial charge in [-0.1, -0.05) is 25.1 Å². The predicted octanol–water partition coefficient (Wildman–Crippen LogP) is 3.56. The van der Waals surface area contributed by atoms with Crippen LogP contribution in [0.2, 0.25) is 0 Å². The molecule has 31 heavy (non-hydrogen) atoms. The lowest BCUT2D eigenvalue weighted by atomic mass is 10.1. The third-order valence-electron chi connectivity index (χ3n) is 5.69. The Hall–Kier alpha value is -3.35. The van der Waals surface area contributed by atoms with Crippen LogP contribution in [0.25, 0.3) is 5.65 Å². The third-order valence-corrected chi connectivity index (χ3v) is 5.69. The van der Waals surface area contributed by atoms with E-state index in [0.717, 1.165) is 31.6 Å². The van der Waals surface area contributed by atoms with Gasteiger partial charge < -0.3 is 9.64 Å². The molecular weight excluding hydrogens is 392 g/mol. The lowest BCUT2D eigenvalue weighted by molar-refractivity contribution is -0.120. The van der Waals surface area contributed by atoms with Gasteiger partial charge in [0.2, 0.25) is 0 Å². The van der Waals surface area contributed by atoms with Gasteiger partial charge in [0.15, 0.2) is 6.61 Å². The Labute approximate surface area is 182 Å². The summed E-state index contributed by atoms with van der Waals surface area (Å²) < 4.78 is 7.48. The highest BCUT2D eigenvalue weighted by atomic mass is 16.5. The van der Waals surface area contributed by atoms with Crippen molar-refractivity contribution in [3.05, 3.63) is 59.9 Å². The van der Waals surface area contributed by atoms with Gasteiger partial charge in [0.1, 0.15) is 17.2 Å². The maximum absolute atomic E-state index is 13.0. The minimum Gasteiger partial charge on any atom is -0.484 e. The second-order valence-electron chi connectivity index (χ2n) is 7.79. The van der Waals surface area contributed by atoms with Gasteiger partial charge in [-0.3, -0.25) is 18.9 Å². The number of anilines is 1. The second-order valence-corrected chi connectivity index (χ2v) is 7.79. The molecule has 1 fully saturated rings. The molecule has 4 rings (SSSR count). The molecule has 0 aliphatic carbocycles.